The van der Waals surface area contributed by atoms with Crippen LogP contribution < -0.4 is 10.6 Å². The van der Waals surface area contributed by atoms with Crippen LogP contribution in [0.4, 0.5) is 0 Å². The van der Waals surface area contributed by atoms with Crippen LogP contribution in [0.15, 0.2) is 35.4 Å². The van der Waals surface area contributed by atoms with E-state index in [1.807, 2.05) is 19.1 Å². The first kappa shape index (κ1) is 12.8. The molecule has 1 saturated heterocycles. The van der Waals surface area contributed by atoms with Crippen LogP contribution in [0, 0.1) is 0 Å². The summed E-state index contributed by atoms with van der Waals surface area (Å²) in [7, 11) is 0. The summed E-state index contributed by atoms with van der Waals surface area (Å²) in [6, 6.07) is 8.24. The molecule has 3 nitrogen and oxygen atoms in total. The van der Waals surface area contributed by atoms with Crippen molar-refractivity contribution in [2.24, 2.45) is 0 Å². The lowest BCUT2D eigenvalue weighted by molar-refractivity contribution is -0.117. The minimum absolute atomic E-state index is 0.0532. The van der Waals surface area contributed by atoms with Gasteiger partial charge in [-0.25, -0.2) is 0 Å². The molecule has 0 saturated carbocycles. The molecular weight excluding hydrogens is 224 g/mol. The van der Waals surface area contributed by atoms with Crippen LogP contribution in [0.1, 0.15) is 25.0 Å². The Kier molecular flexibility index (Phi) is 4.15. The number of hydrogen-bond acceptors (Lipinski definition) is 2. The molecule has 96 valence electrons. The van der Waals surface area contributed by atoms with Gasteiger partial charge in [0.25, 0.3) is 0 Å². The average molecular weight is 244 g/mol. The van der Waals surface area contributed by atoms with Crippen LogP contribution in [-0.2, 0) is 17.8 Å². The normalized spacial score (nSPS) is 14.0. The maximum absolute atomic E-state index is 12.0. The lowest BCUT2D eigenvalue weighted by Crippen LogP contribution is -2.37. The molecule has 1 aliphatic heterocycles. The average Bonchev–Trinajstić information content (AvgIpc) is 2.34. The molecule has 2 N–H and O–H groups in total. The van der Waals surface area contributed by atoms with Gasteiger partial charge in [-0.05, 0) is 30.0 Å². The van der Waals surface area contributed by atoms with Crippen molar-refractivity contribution in [3.63, 3.8) is 0 Å². The van der Waals surface area contributed by atoms with Gasteiger partial charge in [-0.15, -0.1) is 0 Å². The van der Waals surface area contributed by atoms with Crippen molar-refractivity contribution in [1.82, 2.24) is 10.6 Å². The summed E-state index contributed by atoms with van der Waals surface area (Å²) in [6.45, 7) is 6.35. The minimum Gasteiger partial charge on any atom is -0.348 e. The SMILES string of the molecule is CCc1ccccc1CNC(=O)C(C)=C1CNC1. The molecule has 0 aromatic heterocycles. The summed E-state index contributed by atoms with van der Waals surface area (Å²) in [5.41, 5.74) is 4.59. The third-order valence-corrected chi connectivity index (χ3v) is 3.49. The van der Waals surface area contributed by atoms with Crippen molar-refractivity contribution in [1.29, 1.82) is 0 Å². The second-order valence-electron chi connectivity index (χ2n) is 4.64. The van der Waals surface area contributed by atoms with Gasteiger partial charge >= 0.3 is 0 Å². The van der Waals surface area contributed by atoms with Crippen molar-refractivity contribution in [2.75, 3.05) is 13.1 Å². The molecule has 1 amide bonds. The second-order valence-corrected chi connectivity index (χ2v) is 4.64. The van der Waals surface area contributed by atoms with E-state index in [9.17, 15) is 4.79 Å². The third kappa shape index (κ3) is 2.79. The molecule has 1 heterocycles. The molecule has 0 unspecified atom stereocenters. The van der Waals surface area contributed by atoms with Gasteiger partial charge in [-0.1, -0.05) is 31.2 Å². The number of hydrogen-bond donors (Lipinski definition) is 2. The van der Waals surface area contributed by atoms with Crippen LogP contribution in [0.25, 0.3) is 0 Å². The molecule has 1 aliphatic rings. The number of nitrogens with one attached hydrogen (secondary N) is 2. The first-order valence-corrected chi connectivity index (χ1v) is 6.46. The van der Waals surface area contributed by atoms with Crippen molar-refractivity contribution in [3.8, 4) is 0 Å². The Morgan fingerprint density at radius 2 is 1.94 bits per heavy atom. The predicted octanol–water partition coefficient (Wildman–Crippen LogP) is 1.78. The highest BCUT2D eigenvalue weighted by Gasteiger charge is 2.15. The highest BCUT2D eigenvalue weighted by Crippen LogP contribution is 2.11. The third-order valence-electron chi connectivity index (χ3n) is 3.49. The number of aryl methyl sites for hydroxylation is 1. The number of carbonyl (C=O) groups excluding carboxylic acids is 1. The number of carbonyl (C=O) groups is 1. The largest absolute Gasteiger partial charge is 0.348 e. The molecule has 0 aliphatic carbocycles. The van der Waals surface area contributed by atoms with E-state index in [1.54, 1.807) is 0 Å². The highest BCUT2D eigenvalue weighted by atomic mass is 16.1. The number of rotatable bonds is 4. The fraction of sp³-hybridized carbons (Fsp3) is 0.400. The topological polar surface area (TPSA) is 41.1 Å². The monoisotopic (exact) mass is 244 g/mol. The number of benzene rings is 1. The molecule has 1 aromatic carbocycles. The van der Waals surface area contributed by atoms with E-state index in [0.29, 0.717) is 6.54 Å². The van der Waals surface area contributed by atoms with E-state index in [4.69, 9.17) is 0 Å². The van der Waals surface area contributed by atoms with Crippen molar-refractivity contribution in [3.05, 3.63) is 46.5 Å². The molecule has 0 bridgehead atoms. The zero-order valence-corrected chi connectivity index (χ0v) is 11.0. The quantitative estimate of drug-likeness (QED) is 0.793. The van der Waals surface area contributed by atoms with E-state index in [2.05, 4.69) is 29.7 Å². The maximum Gasteiger partial charge on any atom is 0.247 e. The Balaban J connectivity index is 1.97. The first-order valence-electron chi connectivity index (χ1n) is 6.46. The van der Waals surface area contributed by atoms with E-state index in [-0.39, 0.29) is 5.91 Å². The van der Waals surface area contributed by atoms with Gasteiger partial charge in [0.1, 0.15) is 0 Å². The molecule has 0 radical (unpaired) electrons. The van der Waals surface area contributed by atoms with Crippen LogP contribution in [0.2, 0.25) is 0 Å². The minimum atomic E-state index is 0.0532. The lowest BCUT2D eigenvalue weighted by atomic mass is 10.0. The van der Waals surface area contributed by atoms with Crippen LogP contribution in [0.5, 0.6) is 0 Å². The summed E-state index contributed by atoms with van der Waals surface area (Å²) in [4.78, 5) is 12.0. The Morgan fingerprint density at radius 3 is 2.50 bits per heavy atom. The van der Waals surface area contributed by atoms with Gasteiger partial charge in [-0.2, -0.15) is 0 Å². The standard InChI is InChI=1S/C15H20N2O/c1-3-12-6-4-5-7-13(12)10-17-15(18)11(2)14-8-16-9-14/h4-7,16H,3,8-10H2,1-2H3,(H,17,18). The van der Waals surface area contributed by atoms with E-state index < -0.39 is 0 Å². The zero-order valence-electron chi connectivity index (χ0n) is 11.0. The van der Waals surface area contributed by atoms with Crippen LogP contribution >= 0.6 is 0 Å². The fourth-order valence-corrected chi connectivity index (χ4v) is 2.06. The Labute approximate surface area is 108 Å². The van der Waals surface area contributed by atoms with Crippen molar-refractivity contribution in [2.45, 2.75) is 26.8 Å². The molecular formula is C15H20N2O. The molecule has 1 fully saturated rings. The predicted molar refractivity (Wildman–Crippen MR) is 73.2 cm³/mol. The van der Waals surface area contributed by atoms with Gasteiger partial charge in [0, 0.05) is 25.2 Å². The summed E-state index contributed by atoms with van der Waals surface area (Å²) < 4.78 is 0. The summed E-state index contributed by atoms with van der Waals surface area (Å²) in [6.07, 6.45) is 0.996. The first-order chi connectivity index (χ1) is 8.72. The second kappa shape index (κ2) is 5.83. The lowest BCUT2D eigenvalue weighted by Gasteiger charge is -2.21. The molecule has 0 spiro atoms. The Hall–Kier alpha value is -1.61. The molecule has 1 aromatic rings. The fourth-order valence-electron chi connectivity index (χ4n) is 2.06. The molecule has 18 heavy (non-hydrogen) atoms. The van der Waals surface area contributed by atoms with Gasteiger partial charge < -0.3 is 10.6 Å². The van der Waals surface area contributed by atoms with E-state index in [1.165, 1.54) is 16.7 Å². The smallest absolute Gasteiger partial charge is 0.247 e. The molecule has 3 heteroatoms. The van der Waals surface area contributed by atoms with Gasteiger partial charge in [-0.3, -0.25) is 4.79 Å². The van der Waals surface area contributed by atoms with Gasteiger partial charge in [0.2, 0.25) is 5.91 Å². The van der Waals surface area contributed by atoms with Crippen molar-refractivity contribution < 1.29 is 4.79 Å². The summed E-state index contributed by atoms with van der Waals surface area (Å²) in [5.74, 6) is 0.0532. The Bertz CT molecular complexity index is 471. The highest BCUT2D eigenvalue weighted by molar-refractivity contribution is 5.93. The van der Waals surface area contributed by atoms with Crippen LogP contribution in [-0.4, -0.2) is 19.0 Å². The van der Waals surface area contributed by atoms with Gasteiger partial charge in [0.15, 0.2) is 0 Å². The van der Waals surface area contributed by atoms with Crippen molar-refractivity contribution >= 4 is 5.91 Å². The zero-order chi connectivity index (χ0) is 13.0. The number of amides is 1. The Morgan fingerprint density at radius 1 is 1.28 bits per heavy atom. The molecule has 0 atom stereocenters. The summed E-state index contributed by atoms with van der Waals surface area (Å²) in [5, 5.41) is 6.15. The maximum atomic E-state index is 12.0. The molecule has 2 rings (SSSR count). The van der Waals surface area contributed by atoms with E-state index >= 15 is 0 Å². The van der Waals surface area contributed by atoms with Crippen LogP contribution in [0.3, 0.4) is 0 Å². The summed E-state index contributed by atoms with van der Waals surface area (Å²) >= 11 is 0. The van der Waals surface area contributed by atoms with Gasteiger partial charge in [0.05, 0.1) is 0 Å². The van der Waals surface area contributed by atoms with E-state index in [0.717, 1.165) is 25.1 Å².